The lowest BCUT2D eigenvalue weighted by Crippen LogP contribution is -2.27. The Bertz CT molecular complexity index is 469. The molecule has 1 aliphatic rings. The Morgan fingerprint density at radius 1 is 1.40 bits per heavy atom. The van der Waals surface area contributed by atoms with Gasteiger partial charge in [-0.25, -0.2) is 0 Å². The largest absolute Gasteiger partial charge is 0.392 e. The summed E-state index contributed by atoms with van der Waals surface area (Å²) >= 11 is 0. The van der Waals surface area contributed by atoms with Gasteiger partial charge < -0.3 is 14.6 Å². The highest BCUT2D eigenvalue weighted by Crippen LogP contribution is 2.25. The third kappa shape index (κ3) is 4.38. The van der Waals surface area contributed by atoms with Gasteiger partial charge in [0, 0.05) is 11.3 Å². The molecule has 0 saturated carbocycles. The van der Waals surface area contributed by atoms with Gasteiger partial charge >= 0.3 is 0 Å². The van der Waals surface area contributed by atoms with Crippen LogP contribution in [0.1, 0.15) is 25.8 Å². The van der Waals surface area contributed by atoms with E-state index in [1.807, 2.05) is 45.0 Å². The van der Waals surface area contributed by atoms with Gasteiger partial charge in [0.15, 0.2) is 5.79 Å². The first-order valence-electron chi connectivity index (χ1n) is 6.80. The molecule has 5 heteroatoms. The van der Waals surface area contributed by atoms with Gasteiger partial charge in [-0.2, -0.15) is 0 Å². The van der Waals surface area contributed by atoms with Crippen LogP contribution in [0.25, 0.3) is 0 Å². The fourth-order valence-corrected chi connectivity index (χ4v) is 3.33. The maximum atomic E-state index is 12.1. The molecule has 1 aromatic rings. The third-order valence-corrected chi connectivity index (χ3v) is 4.72. The highest BCUT2D eigenvalue weighted by Gasteiger charge is 2.33. The lowest BCUT2D eigenvalue weighted by atomic mass is 10.2. The zero-order chi connectivity index (χ0) is 14.8. The molecule has 112 valence electrons. The average Bonchev–Trinajstić information content (AvgIpc) is 2.69. The Morgan fingerprint density at radius 3 is 2.60 bits per heavy atom. The van der Waals surface area contributed by atoms with Crippen molar-refractivity contribution in [2.75, 3.05) is 12.4 Å². The summed E-state index contributed by atoms with van der Waals surface area (Å²) in [6, 6.07) is 7.54. The molecule has 0 bridgehead atoms. The zero-order valence-electron chi connectivity index (χ0n) is 12.2. The van der Waals surface area contributed by atoms with Crippen LogP contribution in [0.4, 0.5) is 0 Å². The second kappa shape index (κ2) is 6.35. The van der Waals surface area contributed by atoms with Gasteiger partial charge in [-0.3, -0.25) is 4.21 Å². The Morgan fingerprint density at radius 2 is 2.05 bits per heavy atom. The van der Waals surface area contributed by atoms with Crippen molar-refractivity contribution in [3.05, 3.63) is 29.8 Å². The third-order valence-electron chi connectivity index (χ3n) is 3.23. The Kier molecular flexibility index (Phi) is 4.96. The Hall–Kier alpha value is -0.750. The molecule has 1 saturated heterocycles. The van der Waals surface area contributed by atoms with Crippen molar-refractivity contribution in [3.8, 4) is 0 Å². The minimum absolute atomic E-state index is 0.130. The van der Waals surface area contributed by atoms with Crippen molar-refractivity contribution >= 4 is 10.8 Å². The predicted octanol–water partition coefficient (Wildman–Crippen LogP) is 2.01. The minimum atomic E-state index is -1.19. The molecule has 1 aliphatic heterocycles. The molecule has 2 rings (SSSR count). The van der Waals surface area contributed by atoms with Crippen molar-refractivity contribution in [2.24, 2.45) is 0 Å². The van der Waals surface area contributed by atoms with Crippen molar-refractivity contribution in [1.82, 2.24) is 0 Å². The number of aryl methyl sites for hydroxylation is 1. The fraction of sp³-hybridized carbons (Fsp3) is 0.600. The maximum Gasteiger partial charge on any atom is 0.163 e. The molecular formula is C15H22O4S. The monoisotopic (exact) mass is 298 g/mol. The molecule has 0 radical (unpaired) electrons. The predicted molar refractivity (Wildman–Crippen MR) is 78.0 cm³/mol. The van der Waals surface area contributed by atoms with E-state index in [-0.39, 0.29) is 11.9 Å². The second-order valence-corrected chi connectivity index (χ2v) is 7.16. The fourth-order valence-electron chi connectivity index (χ4n) is 2.21. The molecule has 1 fully saturated rings. The van der Waals surface area contributed by atoms with Crippen LogP contribution >= 0.6 is 0 Å². The average molecular weight is 298 g/mol. The lowest BCUT2D eigenvalue weighted by Gasteiger charge is -2.18. The molecule has 1 unspecified atom stereocenters. The Labute approximate surface area is 122 Å². The van der Waals surface area contributed by atoms with E-state index >= 15 is 0 Å². The van der Waals surface area contributed by atoms with Crippen molar-refractivity contribution in [2.45, 2.75) is 50.1 Å². The van der Waals surface area contributed by atoms with E-state index in [0.29, 0.717) is 13.0 Å². The summed E-state index contributed by atoms with van der Waals surface area (Å²) in [5.41, 5.74) is 1.13. The summed E-state index contributed by atoms with van der Waals surface area (Å²) in [5, 5.41) is 10.0. The SMILES string of the molecule is Cc1ccc(S(=O)C[C@H](O)C[C@H]2COC(C)(C)O2)cc1. The molecule has 0 aromatic heterocycles. The summed E-state index contributed by atoms with van der Waals surface area (Å²) in [5.74, 6) is -0.357. The maximum absolute atomic E-state index is 12.1. The van der Waals surface area contributed by atoms with E-state index in [0.717, 1.165) is 10.5 Å². The Balaban J connectivity index is 1.84. The van der Waals surface area contributed by atoms with E-state index in [4.69, 9.17) is 9.47 Å². The van der Waals surface area contributed by atoms with Crippen LogP contribution in [0, 0.1) is 6.92 Å². The van der Waals surface area contributed by atoms with Gasteiger partial charge in [-0.1, -0.05) is 17.7 Å². The normalized spacial score (nSPS) is 24.5. The summed E-state index contributed by atoms with van der Waals surface area (Å²) in [6.45, 7) is 6.16. The van der Waals surface area contributed by atoms with Crippen LogP contribution in [0.15, 0.2) is 29.2 Å². The summed E-state index contributed by atoms with van der Waals surface area (Å²) in [7, 11) is -1.19. The molecule has 3 atom stereocenters. The van der Waals surface area contributed by atoms with E-state index in [9.17, 15) is 9.32 Å². The molecule has 0 aliphatic carbocycles. The number of rotatable bonds is 5. The number of aliphatic hydroxyl groups is 1. The quantitative estimate of drug-likeness (QED) is 0.903. The standard InChI is InChI=1S/C15H22O4S/c1-11-4-6-14(7-5-11)20(17)10-12(16)8-13-9-18-15(2,3)19-13/h4-7,12-13,16H,8-10H2,1-3H3/t12-,13+,20?/m1/s1. The number of hydrogen-bond donors (Lipinski definition) is 1. The van der Waals surface area contributed by atoms with Crippen LogP contribution in [-0.2, 0) is 20.3 Å². The van der Waals surface area contributed by atoms with E-state index in [1.165, 1.54) is 0 Å². The molecule has 4 nitrogen and oxygen atoms in total. The highest BCUT2D eigenvalue weighted by atomic mass is 32.2. The molecule has 1 heterocycles. The number of aliphatic hydroxyl groups excluding tert-OH is 1. The van der Waals surface area contributed by atoms with Crippen molar-refractivity contribution in [3.63, 3.8) is 0 Å². The van der Waals surface area contributed by atoms with Crippen LogP contribution in [-0.4, -0.2) is 39.7 Å². The van der Waals surface area contributed by atoms with Gasteiger partial charge in [0.05, 0.1) is 35.4 Å². The summed E-state index contributed by atoms with van der Waals surface area (Å²) < 4.78 is 23.2. The highest BCUT2D eigenvalue weighted by molar-refractivity contribution is 7.85. The topological polar surface area (TPSA) is 55.8 Å². The number of benzene rings is 1. The first-order valence-corrected chi connectivity index (χ1v) is 8.12. The zero-order valence-corrected chi connectivity index (χ0v) is 13.0. The summed E-state index contributed by atoms with van der Waals surface area (Å²) in [4.78, 5) is 0.749. The van der Waals surface area contributed by atoms with Crippen LogP contribution in [0.2, 0.25) is 0 Å². The van der Waals surface area contributed by atoms with Crippen LogP contribution in [0.3, 0.4) is 0 Å². The van der Waals surface area contributed by atoms with Gasteiger partial charge in [-0.05, 0) is 32.9 Å². The first kappa shape index (κ1) is 15.6. The molecule has 1 aromatic carbocycles. The van der Waals surface area contributed by atoms with Crippen LogP contribution < -0.4 is 0 Å². The smallest absolute Gasteiger partial charge is 0.163 e. The van der Waals surface area contributed by atoms with Gasteiger partial charge in [0.25, 0.3) is 0 Å². The van der Waals surface area contributed by atoms with E-state index < -0.39 is 22.7 Å². The molecule has 20 heavy (non-hydrogen) atoms. The molecule has 1 N–H and O–H groups in total. The summed E-state index contributed by atoms with van der Waals surface area (Å²) in [6.07, 6.45) is -0.337. The second-order valence-electron chi connectivity index (χ2n) is 5.67. The van der Waals surface area contributed by atoms with Gasteiger partial charge in [-0.15, -0.1) is 0 Å². The van der Waals surface area contributed by atoms with Crippen molar-refractivity contribution in [1.29, 1.82) is 0 Å². The first-order chi connectivity index (χ1) is 9.35. The molecular weight excluding hydrogens is 276 g/mol. The lowest BCUT2D eigenvalue weighted by molar-refractivity contribution is -0.141. The van der Waals surface area contributed by atoms with Gasteiger partial charge in [0.2, 0.25) is 0 Å². The van der Waals surface area contributed by atoms with Crippen molar-refractivity contribution < 1.29 is 18.8 Å². The number of hydrogen-bond acceptors (Lipinski definition) is 4. The van der Waals surface area contributed by atoms with Crippen LogP contribution in [0.5, 0.6) is 0 Å². The number of ether oxygens (including phenoxy) is 2. The van der Waals surface area contributed by atoms with E-state index in [1.54, 1.807) is 0 Å². The molecule has 0 spiro atoms. The van der Waals surface area contributed by atoms with E-state index in [2.05, 4.69) is 0 Å². The molecule has 0 amide bonds. The van der Waals surface area contributed by atoms with Gasteiger partial charge in [0.1, 0.15) is 0 Å². The minimum Gasteiger partial charge on any atom is -0.392 e.